The van der Waals surface area contributed by atoms with Crippen LogP contribution in [-0.4, -0.2) is 46.9 Å². The first-order chi connectivity index (χ1) is 12.0. The third-order valence-electron chi connectivity index (χ3n) is 3.84. The summed E-state index contributed by atoms with van der Waals surface area (Å²) < 4.78 is 1.05. The van der Waals surface area contributed by atoms with Crippen LogP contribution in [0.4, 0.5) is 5.13 Å². The molecule has 0 saturated carbocycles. The highest BCUT2D eigenvalue weighted by Gasteiger charge is 2.19. The molecule has 3 aromatic heterocycles. The lowest BCUT2D eigenvalue weighted by atomic mass is 10.3. The number of aromatic nitrogens is 3. The minimum absolute atomic E-state index is 0.0120. The Morgan fingerprint density at radius 1 is 1.16 bits per heavy atom. The summed E-state index contributed by atoms with van der Waals surface area (Å²) in [5, 5.41) is 0.955. The summed E-state index contributed by atoms with van der Waals surface area (Å²) in [4.78, 5) is 30.3. The van der Waals surface area contributed by atoms with Crippen LogP contribution in [0, 0.1) is 0 Å². The topological polar surface area (TPSA) is 65.1 Å². The van der Waals surface area contributed by atoms with Crippen molar-refractivity contribution < 1.29 is 4.79 Å². The van der Waals surface area contributed by atoms with E-state index in [0.29, 0.717) is 11.4 Å². The van der Waals surface area contributed by atoms with Gasteiger partial charge < -0.3 is 14.8 Å². The van der Waals surface area contributed by atoms with E-state index in [1.54, 1.807) is 23.3 Å². The van der Waals surface area contributed by atoms with Crippen LogP contribution in [-0.2, 0) is 6.54 Å². The summed E-state index contributed by atoms with van der Waals surface area (Å²) in [7, 11) is 5.73. The van der Waals surface area contributed by atoms with E-state index < -0.39 is 0 Å². The zero-order valence-corrected chi connectivity index (χ0v) is 15.7. The summed E-state index contributed by atoms with van der Waals surface area (Å²) in [6.45, 7) is 0.440. The molecule has 8 heteroatoms. The molecule has 0 aliphatic rings. The minimum Gasteiger partial charge on any atom is -0.354 e. The van der Waals surface area contributed by atoms with Crippen molar-refractivity contribution in [2.45, 2.75) is 6.54 Å². The lowest BCUT2D eigenvalue weighted by molar-refractivity contribution is 0.0787. The van der Waals surface area contributed by atoms with Crippen molar-refractivity contribution >= 4 is 54.3 Å². The Labute approximate surface area is 152 Å². The van der Waals surface area contributed by atoms with E-state index in [9.17, 15) is 4.79 Å². The fraction of sp³-hybridized carbons (Fsp3) is 0.235. The van der Waals surface area contributed by atoms with E-state index in [0.717, 1.165) is 31.5 Å². The molecule has 3 heterocycles. The van der Waals surface area contributed by atoms with Crippen LogP contribution in [0.3, 0.4) is 0 Å². The number of fused-ring (bicyclic) bond motifs is 2. The molecule has 6 nitrogen and oxygen atoms in total. The summed E-state index contributed by atoms with van der Waals surface area (Å²) in [6, 6.07) is 9.79. The molecule has 0 radical (unpaired) electrons. The SMILES string of the molecule is CN(Cc1nc2ccccc2[nH]1)C(=O)c1cc2sc(N(C)C)nc2s1. The molecule has 4 aromatic rings. The number of nitrogens with one attached hydrogen (secondary N) is 1. The second kappa shape index (κ2) is 6.12. The Bertz CT molecular complexity index is 997. The van der Waals surface area contributed by atoms with Crippen LogP contribution < -0.4 is 4.90 Å². The number of nitrogens with zero attached hydrogens (tertiary/aromatic N) is 4. The van der Waals surface area contributed by atoms with E-state index in [1.165, 1.54) is 11.3 Å². The Morgan fingerprint density at radius 3 is 2.68 bits per heavy atom. The summed E-state index contributed by atoms with van der Waals surface area (Å²) in [5.74, 6) is 0.769. The number of para-hydroxylation sites is 2. The first kappa shape index (κ1) is 16.0. The van der Waals surface area contributed by atoms with Gasteiger partial charge in [0.05, 0.1) is 27.2 Å². The lowest BCUT2D eigenvalue weighted by Crippen LogP contribution is -2.25. The van der Waals surface area contributed by atoms with E-state index in [4.69, 9.17) is 0 Å². The first-order valence-corrected chi connectivity index (χ1v) is 9.41. The Hall–Kier alpha value is -2.45. The number of rotatable bonds is 4. The number of anilines is 1. The number of aromatic amines is 1. The number of thiophene rings is 1. The standard InChI is InChI=1S/C17H17N5OS2/c1-21(2)17-20-15-12(25-17)8-13(24-15)16(23)22(3)9-14-18-10-6-4-5-7-11(10)19-14/h4-8H,9H2,1-3H3,(H,18,19). The van der Waals surface area contributed by atoms with Crippen LogP contribution in [0.5, 0.6) is 0 Å². The number of H-pyrrole nitrogens is 1. The van der Waals surface area contributed by atoms with Gasteiger partial charge in [0, 0.05) is 21.1 Å². The van der Waals surface area contributed by atoms with Gasteiger partial charge in [0.2, 0.25) is 0 Å². The summed E-state index contributed by atoms with van der Waals surface area (Å²) >= 11 is 3.04. The average Bonchev–Trinajstić information content (AvgIpc) is 3.25. The molecular weight excluding hydrogens is 354 g/mol. The molecule has 1 amide bonds. The van der Waals surface area contributed by atoms with Gasteiger partial charge >= 0.3 is 0 Å². The monoisotopic (exact) mass is 371 g/mol. The highest BCUT2D eigenvalue weighted by atomic mass is 32.1. The number of thiazole rings is 1. The van der Waals surface area contributed by atoms with Crippen LogP contribution >= 0.6 is 22.7 Å². The van der Waals surface area contributed by atoms with Gasteiger partial charge in [-0.15, -0.1) is 11.3 Å². The third kappa shape index (κ3) is 2.98. The van der Waals surface area contributed by atoms with Crippen molar-refractivity contribution in [1.82, 2.24) is 19.9 Å². The smallest absolute Gasteiger partial charge is 0.264 e. The molecular formula is C17H17N5OS2. The largest absolute Gasteiger partial charge is 0.354 e. The van der Waals surface area contributed by atoms with Gasteiger partial charge in [0.15, 0.2) is 5.13 Å². The number of carbonyl (C=O) groups excluding carboxylic acids is 1. The van der Waals surface area contributed by atoms with Crippen LogP contribution in [0.2, 0.25) is 0 Å². The minimum atomic E-state index is -0.0120. The van der Waals surface area contributed by atoms with E-state index >= 15 is 0 Å². The molecule has 0 atom stereocenters. The molecule has 0 saturated heterocycles. The molecule has 128 valence electrons. The number of hydrogen-bond donors (Lipinski definition) is 1. The molecule has 0 aliphatic heterocycles. The maximum absolute atomic E-state index is 12.7. The quantitative estimate of drug-likeness (QED) is 0.596. The third-order valence-corrected chi connectivity index (χ3v) is 6.16. The zero-order chi connectivity index (χ0) is 17.6. The van der Waals surface area contributed by atoms with Gasteiger partial charge in [-0.25, -0.2) is 9.97 Å². The fourth-order valence-electron chi connectivity index (χ4n) is 2.59. The Balaban J connectivity index is 1.54. The normalized spacial score (nSPS) is 11.3. The number of amides is 1. The van der Waals surface area contributed by atoms with Crippen molar-refractivity contribution in [3.63, 3.8) is 0 Å². The second-order valence-electron chi connectivity index (χ2n) is 6.03. The number of hydrogen-bond acceptors (Lipinski definition) is 6. The van der Waals surface area contributed by atoms with Crippen molar-refractivity contribution in [1.29, 1.82) is 0 Å². The molecule has 25 heavy (non-hydrogen) atoms. The first-order valence-electron chi connectivity index (χ1n) is 7.78. The number of carbonyl (C=O) groups is 1. The number of benzene rings is 1. The predicted molar refractivity (Wildman–Crippen MR) is 104 cm³/mol. The molecule has 0 aliphatic carbocycles. The van der Waals surface area contributed by atoms with Gasteiger partial charge in [-0.1, -0.05) is 23.5 Å². The maximum atomic E-state index is 12.7. The van der Waals surface area contributed by atoms with Crippen LogP contribution in [0.25, 0.3) is 20.6 Å². The molecule has 0 unspecified atom stereocenters. The molecule has 0 bridgehead atoms. The summed E-state index contributed by atoms with van der Waals surface area (Å²) in [6.07, 6.45) is 0. The van der Waals surface area contributed by atoms with Crippen molar-refractivity contribution in [2.24, 2.45) is 0 Å². The Morgan fingerprint density at radius 2 is 1.96 bits per heavy atom. The fourth-order valence-corrected chi connectivity index (χ4v) is 4.71. The maximum Gasteiger partial charge on any atom is 0.264 e. The Kier molecular flexibility index (Phi) is 3.93. The predicted octanol–water partition coefficient (Wildman–Crippen LogP) is 3.57. The number of imidazole rings is 1. The van der Waals surface area contributed by atoms with E-state index in [-0.39, 0.29) is 5.91 Å². The van der Waals surface area contributed by atoms with Gasteiger partial charge in [0.1, 0.15) is 10.7 Å². The highest BCUT2D eigenvalue weighted by molar-refractivity contribution is 7.29. The van der Waals surface area contributed by atoms with Crippen molar-refractivity contribution in [3.8, 4) is 0 Å². The van der Waals surface area contributed by atoms with Gasteiger partial charge in [-0.2, -0.15) is 0 Å². The second-order valence-corrected chi connectivity index (χ2v) is 8.07. The average molecular weight is 371 g/mol. The molecule has 4 rings (SSSR count). The van der Waals surface area contributed by atoms with Crippen molar-refractivity contribution in [2.75, 3.05) is 26.0 Å². The lowest BCUT2D eigenvalue weighted by Gasteiger charge is -2.14. The molecule has 0 spiro atoms. The molecule has 0 fully saturated rings. The van der Waals surface area contributed by atoms with Gasteiger partial charge in [-0.3, -0.25) is 4.79 Å². The zero-order valence-electron chi connectivity index (χ0n) is 14.1. The molecule has 1 N–H and O–H groups in total. The summed E-state index contributed by atoms with van der Waals surface area (Å²) in [5.41, 5.74) is 1.89. The van der Waals surface area contributed by atoms with E-state index in [2.05, 4.69) is 15.0 Å². The van der Waals surface area contributed by atoms with Gasteiger partial charge in [-0.05, 0) is 18.2 Å². The van der Waals surface area contributed by atoms with Crippen LogP contribution in [0.15, 0.2) is 30.3 Å². The molecule has 1 aromatic carbocycles. The van der Waals surface area contributed by atoms with Crippen LogP contribution in [0.1, 0.15) is 15.5 Å². The highest BCUT2D eigenvalue weighted by Crippen LogP contribution is 2.34. The van der Waals surface area contributed by atoms with Crippen molar-refractivity contribution in [3.05, 3.63) is 41.0 Å². The van der Waals surface area contributed by atoms with E-state index in [1.807, 2.05) is 49.3 Å². The van der Waals surface area contributed by atoms with Gasteiger partial charge in [0.25, 0.3) is 5.91 Å².